The summed E-state index contributed by atoms with van der Waals surface area (Å²) in [6.07, 6.45) is 1.54. The Morgan fingerprint density at radius 1 is 0.963 bits per heavy atom. The second-order valence-electron chi connectivity index (χ2n) is 5.53. The molecule has 0 amide bonds. The van der Waals surface area contributed by atoms with Gasteiger partial charge in [0.1, 0.15) is 11.5 Å². The molecule has 0 saturated carbocycles. The number of nitrogens with zero attached hydrogens (tertiary/aromatic N) is 2. The normalized spacial score (nSPS) is 10.4. The Morgan fingerprint density at radius 3 is 2.11 bits per heavy atom. The van der Waals surface area contributed by atoms with Crippen LogP contribution in [0.15, 0.2) is 42.6 Å². The van der Waals surface area contributed by atoms with Gasteiger partial charge in [0.05, 0.1) is 27.5 Å². The van der Waals surface area contributed by atoms with Crippen molar-refractivity contribution in [2.45, 2.75) is 0 Å². The Morgan fingerprint density at radius 2 is 1.59 bits per heavy atom. The molecule has 0 unspecified atom stereocenters. The predicted molar refractivity (Wildman–Crippen MR) is 101 cm³/mol. The Labute approximate surface area is 155 Å². The first-order valence-electron chi connectivity index (χ1n) is 8.01. The van der Waals surface area contributed by atoms with Crippen LogP contribution in [-0.4, -0.2) is 31.3 Å². The van der Waals surface area contributed by atoms with E-state index in [1.165, 1.54) is 39.7 Å². The fourth-order valence-electron chi connectivity index (χ4n) is 2.59. The number of methoxy groups -OCH3 is 3. The van der Waals surface area contributed by atoms with Crippen LogP contribution in [0.2, 0.25) is 0 Å². The maximum absolute atomic E-state index is 13.1. The molecular formula is C19H19FN4O3. The average Bonchev–Trinajstić information content (AvgIpc) is 2.68. The molecule has 3 rings (SSSR count). The molecule has 3 N–H and O–H groups in total. The molecule has 0 atom stereocenters. The first-order chi connectivity index (χ1) is 13.0. The number of aromatic nitrogens is 2. The first-order valence-corrected chi connectivity index (χ1v) is 8.01. The number of halogens is 1. The lowest BCUT2D eigenvalue weighted by Gasteiger charge is -2.15. The number of nitrogens with two attached hydrogens (primary N) is 1. The summed E-state index contributed by atoms with van der Waals surface area (Å²) in [5.41, 5.74) is 7.84. The summed E-state index contributed by atoms with van der Waals surface area (Å²) in [7, 11) is 4.61. The van der Waals surface area contributed by atoms with E-state index in [0.29, 0.717) is 40.0 Å². The number of benzene rings is 2. The van der Waals surface area contributed by atoms with E-state index in [0.717, 1.165) is 0 Å². The van der Waals surface area contributed by atoms with Gasteiger partial charge in [-0.25, -0.2) is 14.4 Å². The fourth-order valence-corrected chi connectivity index (χ4v) is 2.59. The zero-order chi connectivity index (χ0) is 19.4. The van der Waals surface area contributed by atoms with E-state index in [9.17, 15) is 4.39 Å². The molecule has 7 nitrogen and oxygen atoms in total. The van der Waals surface area contributed by atoms with Crippen molar-refractivity contribution >= 4 is 17.3 Å². The quantitative estimate of drug-likeness (QED) is 0.684. The second kappa shape index (κ2) is 7.77. The molecule has 0 aliphatic heterocycles. The smallest absolute Gasteiger partial charge is 0.203 e. The molecule has 1 heterocycles. The Hall–Kier alpha value is -3.55. The van der Waals surface area contributed by atoms with E-state index < -0.39 is 0 Å². The molecule has 27 heavy (non-hydrogen) atoms. The lowest BCUT2D eigenvalue weighted by atomic mass is 10.1. The van der Waals surface area contributed by atoms with Gasteiger partial charge in [0.2, 0.25) is 5.75 Å². The van der Waals surface area contributed by atoms with Crippen molar-refractivity contribution in [3.05, 3.63) is 48.4 Å². The van der Waals surface area contributed by atoms with Gasteiger partial charge < -0.3 is 25.3 Å². The Kier molecular flexibility index (Phi) is 5.25. The van der Waals surface area contributed by atoms with E-state index >= 15 is 0 Å². The van der Waals surface area contributed by atoms with Crippen molar-refractivity contribution < 1.29 is 18.6 Å². The molecule has 140 valence electrons. The molecule has 1 aromatic heterocycles. The van der Waals surface area contributed by atoms with Crippen molar-refractivity contribution in [1.29, 1.82) is 0 Å². The van der Waals surface area contributed by atoms with E-state index in [2.05, 4.69) is 15.3 Å². The summed E-state index contributed by atoms with van der Waals surface area (Å²) in [5, 5.41) is 3.10. The van der Waals surface area contributed by atoms with Crippen LogP contribution in [-0.2, 0) is 0 Å². The second-order valence-corrected chi connectivity index (χ2v) is 5.53. The molecule has 2 aromatic carbocycles. The highest BCUT2D eigenvalue weighted by Gasteiger charge is 2.14. The zero-order valence-electron chi connectivity index (χ0n) is 15.1. The van der Waals surface area contributed by atoms with E-state index in [1.807, 2.05) is 0 Å². The third kappa shape index (κ3) is 3.84. The number of hydrogen-bond donors (Lipinski definition) is 2. The van der Waals surface area contributed by atoms with Crippen molar-refractivity contribution in [3.8, 4) is 28.5 Å². The van der Waals surface area contributed by atoms with Crippen molar-refractivity contribution in [3.63, 3.8) is 0 Å². The van der Waals surface area contributed by atoms with Gasteiger partial charge in [0.15, 0.2) is 23.1 Å². The van der Waals surface area contributed by atoms with Crippen LogP contribution < -0.4 is 25.3 Å². The third-order valence-electron chi connectivity index (χ3n) is 3.85. The van der Waals surface area contributed by atoms with Crippen molar-refractivity contribution in [2.75, 3.05) is 32.4 Å². The average molecular weight is 370 g/mol. The highest BCUT2D eigenvalue weighted by Crippen LogP contribution is 2.40. The molecule has 0 bridgehead atoms. The largest absolute Gasteiger partial charge is 0.493 e. The molecule has 3 aromatic rings. The van der Waals surface area contributed by atoms with Crippen molar-refractivity contribution in [2.24, 2.45) is 0 Å². The van der Waals surface area contributed by atoms with Crippen LogP contribution in [0.4, 0.5) is 21.7 Å². The number of ether oxygens (including phenoxy) is 3. The number of rotatable bonds is 6. The van der Waals surface area contributed by atoms with Gasteiger partial charge in [0, 0.05) is 23.4 Å². The summed E-state index contributed by atoms with van der Waals surface area (Å²) < 4.78 is 29.0. The van der Waals surface area contributed by atoms with Gasteiger partial charge in [-0.15, -0.1) is 0 Å². The van der Waals surface area contributed by atoms with Crippen molar-refractivity contribution in [1.82, 2.24) is 9.97 Å². The van der Waals surface area contributed by atoms with Gasteiger partial charge in [-0.05, 0) is 24.3 Å². The van der Waals surface area contributed by atoms with Crippen LogP contribution in [0, 0.1) is 5.82 Å². The van der Waals surface area contributed by atoms with Gasteiger partial charge in [-0.3, -0.25) is 0 Å². The summed E-state index contributed by atoms with van der Waals surface area (Å²) in [6, 6.07) is 9.38. The molecule has 0 saturated heterocycles. The summed E-state index contributed by atoms with van der Waals surface area (Å²) >= 11 is 0. The van der Waals surface area contributed by atoms with E-state index in [1.54, 1.807) is 24.3 Å². The van der Waals surface area contributed by atoms with Crippen LogP contribution in [0.3, 0.4) is 0 Å². The van der Waals surface area contributed by atoms with E-state index in [4.69, 9.17) is 19.9 Å². The third-order valence-corrected chi connectivity index (χ3v) is 3.85. The minimum absolute atomic E-state index is 0.221. The van der Waals surface area contributed by atoms with Crippen LogP contribution >= 0.6 is 0 Å². The van der Waals surface area contributed by atoms with E-state index in [-0.39, 0.29) is 11.6 Å². The van der Waals surface area contributed by atoms with Gasteiger partial charge in [-0.1, -0.05) is 0 Å². The Balaban J connectivity index is 1.90. The summed E-state index contributed by atoms with van der Waals surface area (Å²) in [6.45, 7) is 0. The van der Waals surface area contributed by atoms with Gasteiger partial charge in [-0.2, -0.15) is 0 Å². The molecule has 8 heteroatoms. The number of nitrogen functional groups attached to an aromatic ring is 1. The highest BCUT2D eigenvalue weighted by molar-refractivity contribution is 5.72. The predicted octanol–water partition coefficient (Wildman–Crippen LogP) is 3.63. The number of hydrogen-bond acceptors (Lipinski definition) is 7. The number of anilines is 3. The van der Waals surface area contributed by atoms with Crippen LogP contribution in [0.25, 0.3) is 11.3 Å². The standard InChI is InChI=1S/C19H19FN4O3/c1-25-14-8-13(9-15(26-2)18(14)27-3)23-16-10-22-17(19(21)24-16)11-4-6-12(20)7-5-11/h4-10H,1-3H3,(H3,21,23,24). The molecule has 0 aliphatic carbocycles. The zero-order valence-corrected chi connectivity index (χ0v) is 15.1. The maximum atomic E-state index is 13.1. The minimum atomic E-state index is -0.328. The lowest BCUT2D eigenvalue weighted by Crippen LogP contribution is -2.03. The maximum Gasteiger partial charge on any atom is 0.203 e. The molecule has 0 fully saturated rings. The number of nitrogens with one attached hydrogen (secondary N) is 1. The van der Waals surface area contributed by atoms with Gasteiger partial charge in [0.25, 0.3) is 0 Å². The minimum Gasteiger partial charge on any atom is -0.493 e. The molecule has 0 spiro atoms. The topological polar surface area (TPSA) is 91.5 Å². The summed E-state index contributed by atoms with van der Waals surface area (Å²) in [4.78, 5) is 8.65. The van der Waals surface area contributed by atoms with Crippen LogP contribution in [0.5, 0.6) is 17.2 Å². The molecule has 0 radical (unpaired) electrons. The first kappa shape index (κ1) is 18.2. The SMILES string of the molecule is COc1cc(Nc2cnc(-c3ccc(F)cc3)c(N)n2)cc(OC)c1OC. The van der Waals surface area contributed by atoms with Crippen LogP contribution in [0.1, 0.15) is 0 Å². The highest BCUT2D eigenvalue weighted by atomic mass is 19.1. The lowest BCUT2D eigenvalue weighted by molar-refractivity contribution is 0.324. The molecular weight excluding hydrogens is 351 g/mol. The molecule has 0 aliphatic rings. The monoisotopic (exact) mass is 370 g/mol. The fraction of sp³-hybridized carbons (Fsp3) is 0.158. The Bertz CT molecular complexity index is 923. The summed E-state index contributed by atoms with van der Waals surface area (Å²) in [5.74, 6) is 1.83. The van der Waals surface area contributed by atoms with Gasteiger partial charge >= 0.3 is 0 Å².